The minimum atomic E-state index is -3.91. The third-order valence-corrected chi connectivity index (χ3v) is 7.59. The molecule has 1 aliphatic rings. The van der Waals surface area contributed by atoms with Gasteiger partial charge in [0.15, 0.2) is 17.6 Å². The maximum atomic E-state index is 12.8. The van der Waals surface area contributed by atoms with Gasteiger partial charge >= 0.3 is 5.97 Å². The predicted molar refractivity (Wildman–Crippen MR) is 143 cm³/mol. The molecule has 1 heterocycles. The normalized spacial score (nSPS) is 14.2. The van der Waals surface area contributed by atoms with Crippen LogP contribution in [0.5, 0.6) is 11.5 Å². The number of fused-ring (bicyclic) bond motifs is 1. The van der Waals surface area contributed by atoms with Gasteiger partial charge in [0.05, 0.1) is 10.5 Å². The molecule has 2 atom stereocenters. The van der Waals surface area contributed by atoms with Crippen LogP contribution in [0.15, 0.2) is 71.6 Å². The number of ether oxygens (including phenoxy) is 3. The zero-order chi connectivity index (χ0) is 27.3. The zero-order valence-electron chi connectivity index (χ0n) is 21.4. The lowest BCUT2D eigenvalue weighted by atomic mass is 9.97. The van der Waals surface area contributed by atoms with Gasteiger partial charge in [-0.05, 0) is 67.3 Å². The second-order valence-corrected chi connectivity index (χ2v) is 10.6. The Hall–Kier alpha value is -4.05. The van der Waals surface area contributed by atoms with Crippen molar-refractivity contribution in [3.05, 3.63) is 77.9 Å². The van der Waals surface area contributed by atoms with Crippen LogP contribution in [0, 0.1) is 0 Å². The molecule has 9 nitrogen and oxygen atoms in total. The summed E-state index contributed by atoms with van der Waals surface area (Å²) < 4.78 is 44.3. The van der Waals surface area contributed by atoms with Gasteiger partial charge in [0, 0.05) is 17.4 Å². The molecular formula is C28H30N2O7S. The molecule has 0 saturated heterocycles. The number of esters is 1. The molecule has 0 spiro atoms. The Balaban J connectivity index is 1.37. The Kier molecular flexibility index (Phi) is 8.21. The standard InChI is InChI=1S/C28H30N2O7S/c1-4-18(2)23-7-5-6-8-24(23)29-27(31)19(3)37-28(32)20-9-11-21(12-10-20)30-38(33,34)22-13-14-25-26(17-22)36-16-15-35-25/h5-14,17-19,30H,4,15-16H2,1-3H3,(H,29,31)/t18-,19-/m0/s1. The van der Waals surface area contributed by atoms with E-state index in [0.717, 1.165) is 12.0 Å². The smallest absolute Gasteiger partial charge is 0.338 e. The Morgan fingerprint density at radius 1 is 0.947 bits per heavy atom. The summed E-state index contributed by atoms with van der Waals surface area (Å²) >= 11 is 0. The van der Waals surface area contributed by atoms with Crippen molar-refractivity contribution in [1.82, 2.24) is 0 Å². The molecule has 38 heavy (non-hydrogen) atoms. The number of nitrogens with one attached hydrogen (secondary N) is 2. The number of rotatable bonds is 9. The topological polar surface area (TPSA) is 120 Å². The molecule has 0 unspecified atom stereocenters. The van der Waals surface area contributed by atoms with Crippen LogP contribution in [-0.2, 0) is 19.6 Å². The fourth-order valence-electron chi connectivity index (χ4n) is 3.86. The van der Waals surface area contributed by atoms with Crippen LogP contribution >= 0.6 is 0 Å². The van der Waals surface area contributed by atoms with Crippen LogP contribution in [0.1, 0.15) is 49.0 Å². The fourth-order valence-corrected chi connectivity index (χ4v) is 4.93. The molecule has 1 aliphatic heterocycles. The highest BCUT2D eigenvalue weighted by Gasteiger charge is 2.22. The molecule has 0 bridgehead atoms. The van der Waals surface area contributed by atoms with E-state index >= 15 is 0 Å². The van der Waals surface area contributed by atoms with Crippen molar-refractivity contribution in [2.45, 2.75) is 44.1 Å². The zero-order valence-corrected chi connectivity index (χ0v) is 22.2. The number of amides is 1. The van der Waals surface area contributed by atoms with E-state index in [4.69, 9.17) is 14.2 Å². The fraction of sp³-hybridized carbons (Fsp3) is 0.286. The Labute approximate surface area is 222 Å². The second-order valence-electron chi connectivity index (χ2n) is 8.92. The molecule has 3 aromatic carbocycles. The number of carbonyl (C=O) groups excluding carboxylic acids is 2. The monoisotopic (exact) mass is 538 g/mol. The Morgan fingerprint density at radius 2 is 1.63 bits per heavy atom. The van der Waals surface area contributed by atoms with E-state index in [1.165, 1.54) is 43.3 Å². The van der Waals surface area contributed by atoms with Crippen LogP contribution in [0.25, 0.3) is 0 Å². The molecule has 10 heteroatoms. The lowest BCUT2D eigenvalue weighted by Gasteiger charge is -2.19. The number of benzene rings is 3. The summed E-state index contributed by atoms with van der Waals surface area (Å²) in [6, 6.07) is 17.6. The van der Waals surface area contributed by atoms with E-state index in [-0.39, 0.29) is 22.1 Å². The van der Waals surface area contributed by atoms with Crippen LogP contribution in [0.4, 0.5) is 11.4 Å². The van der Waals surface area contributed by atoms with Gasteiger partial charge in [-0.1, -0.05) is 32.0 Å². The summed E-state index contributed by atoms with van der Waals surface area (Å²) in [7, 11) is -3.91. The van der Waals surface area contributed by atoms with Crippen molar-refractivity contribution in [3.8, 4) is 11.5 Å². The van der Waals surface area contributed by atoms with Crippen molar-refractivity contribution in [2.24, 2.45) is 0 Å². The minimum absolute atomic E-state index is 0.0139. The molecule has 0 saturated carbocycles. The molecule has 0 aliphatic carbocycles. The van der Waals surface area contributed by atoms with Crippen molar-refractivity contribution in [2.75, 3.05) is 23.3 Å². The van der Waals surface area contributed by atoms with Crippen molar-refractivity contribution >= 4 is 33.3 Å². The largest absolute Gasteiger partial charge is 0.486 e. The molecule has 200 valence electrons. The van der Waals surface area contributed by atoms with E-state index in [0.29, 0.717) is 30.4 Å². The van der Waals surface area contributed by atoms with Gasteiger partial charge in [0.2, 0.25) is 0 Å². The summed E-state index contributed by atoms with van der Waals surface area (Å²) in [5.41, 5.74) is 2.12. The third-order valence-electron chi connectivity index (χ3n) is 6.21. The number of hydrogen-bond donors (Lipinski definition) is 2. The van der Waals surface area contributed by atoms with Crippen LogP contribution in [-0.4, -0.2) is 39.6 Å². The summed E-state index contributed by atoms with van der Waals surface area (Å²) in [5, 5.41) is 2.84. The number of anilines is 2. The van der Waals surface area contributed by atoms with Gasteiger partial charge in [-0.2, -0.15) is 0 Å². The predicted octanol–water partition coefficient (Wildman–Crippen LogP) is 4.96. The number of carbonyl (C=O) groups is 2. The lowest BCUT2D eigenvalue weighted by Crippen LogP contribution is -2.30. The highest BCUT2D eigenvalue weighted by atomic mass is 32.2. The Morgan fingerprint density at radius 3 is 2.34 bits per heavy atom. The molecule has 3 aromatic rings. The van der Waals surface area contributed by atoms with Crippen molar-refractivity contribution < 1.29 is 32.2 Å². The van der Waals surface area contributed by atoms with E-state index in [1.54, 1.807) is 6.07 Å². The third kappa shape index (κ3) is 6.25. The van der Waals surface area contributed by atoms with E-state index in [1.807, 2.05) is 24.3 Å². The highest BCUT2D eigenvalue weighted by Crippen LogP contribution is 2.33. The van der Waals surface area contributed by atoms with Gasteiger partial charge in [-0.25, -0.2) is 13.2 Å². The van der Waals surface area contributed by atoms with Crippen molar-refractivity contribution in [1.29, 1.82) is 0 Å². The summed E-state index contributed by atoms with van der Waals surface area (Å²) in [4.78, 5) is 25.3. The first-order valence-corrected chi connectivity index (χ1v) is 13.8. The van der Waals surface area contributed by atoms with Crippen molar-refractivity contribution in [3.63, 3.8) is 0 Å². The van der Waals surface area contributed by atoms with Crippen LogP contribution in [0.3, 0.4) is 0 Å². The SMILES string of the molecule is CC[C@H](C)c1ccccc1NC(=O)[C@H](C)OC(=O)c1ccc(NS(=O)(=O)c2ccc3c(c2)OCCO3)cc1. The molecule has 0 aromatic heterocycles. The molecule has 1 amide bonds. The molecule has 4 rings (SSSR count). The van der Waals surface area contributed by atoms with Crippen LogP contribution in [0.2, 0.25) is 0 Å². The first kappa shape index (κ1) is 27.0. The average Bonchev–Trinajstić information content (AvgIpc) is 2.92. The first-order chi connectivity index (χ1) is 18.2. The summed E-state index contributed by atoms with van der Waals surface area (Å²) in [5.74, 6) is -0.0450. The quantitative estimate of drug-likeness (QED) is 0.370. The number of para-hydroxylation sites is 1. The van der Waals surface area contributed by atoms with Gasteiger partial charge in [0.25, 0.3) is 15.9 Å². The van der Waals surface area contributed by atoms with Gasteiger partial charge < -0.3 is 19.5 Å². The lowest BCUT2D eigenvalue weighted by molar-refractivity contribution is -0.123. The van der Waals surface area contributed by atoms with Gasteiger partial charge in [0.1, 0.15) is 13.2 Å². The minimum Gasteiger partial charge on any atom is -0.486 e. The maximum absolute atomic E-state index is 12.8. The molecular weight excluding hydrogens is 508 g/mol. The van der Waals surface area contributed by atoms with E-state index in [9.17, 15) is 18.0 Å². The van der Waals surface area contributed by atoms with Gasteiger partial charge in [-0.3, -0.25) is 9.52 Å². The van der Waals surface area contributed by atoms with E-state index in [2.05, 4.69) is 23.9 Å². The summed E-state index contributed by atoms with van der Waals surface area (Å²) in [6.45, 7) is 6.39. The maximum Gasteiger partial charge on any atom is 0.338 e. The average molecular weight is 539 g/mol. The van der Waals surface area contributed by atoms with Crippen LogP contribution < -0.4 is 19.5 Å². The molecule has 2 N–H and O–H groups in total. The summed E-state index contributed by atoms with van der Waals surface area (Å²) in [6.07, 6.45) is -0.124. The molecule has 0 radical (unpaired) electrons. The van der Waals surface area contributed by atoms with E-state index < -0.39 is 28.0 Å². The molecule has 0 fully saturated rings. The second kappa shape index (κ2) is 11.6. The number of hydrogen-bond acceptors (Lipinski definition) is 7. The first-order valence-electron chi connectivity index (χ1n) is 12.3. The Bertz CT molecular complexity index is 1420. The van der Waals surface area contributed by atoms with Gasteiger partial charge in [-0.15, -0.1) is 0 Å². The highest BCUT2D eigenvalue weighted by molar-refractivity contribution is 7.92. The number of sulfonamides is 1.